The second-order valence-electron chi connectivity index (χ2n) is 6.64. The number of aliphatic hydroxyl groups is 1. The lowest BCUT2D eigenvalue weighted by atomic mass is 10.0. The number of rotatable bonds is 8. The molecule has 0 radical (unpaired) electrons. The van der Waals surface area contributed by atoms with Crippen LogP contribution >= 0.6 is 11.3 Å². The summed E-state index contributed by atoms with van der Waals surface area (Å²) < 4.78 is 1.68. The lowest BCUT2D eigenvalue weighted by molar-refractivity contribution is 0.0672. The van der Waals surface area contributed by atoms with Gasteiger partial charge in [-0.15, -0.1) is 11.3 Å². The second-order valence-corrected chi connectivity index (χ2v) is 7.67. The number of hydrogen-bond donors (Lipinski definition) is 3. The van der Waals surface area contributed by atoms with E-state index < -0.39 is 5.60 Å². The molecule has 3 N–H and O–H groups in total. The minimum Gasteiger partial charge on any atom is -0.383 e. The van der Waals surface area contributed by atoms with Gasteiger partial charge in [-0.1, -0.05) is 13.0 Å². The first kappa shape index (κ1) is 19.5. The van der Waals surface area contributed by atoms with Gasteiger partial charge in [-0.2, -0.15) is 5.10 Å². The topological polar surface area (TPSA) is 74.5 Å². The van der Waals surface area contributed by atoms with Gasteiger partial charge in [0.2, 0.25) is 0 Å². The average Bonchev–Trinajstić information content (AvgIpc) is 3.22. The summed E-state index contributed by atoms with van der Waals surface area (Å²) in [5.41, 5.74) is -0.278. The van der Waals surface area contributed by atoms with Gasteiger partial charge in [0.15, 0.2) is 5.96 Å². The molecule has 0 amide bonds. The highest BCUT2D eigenvalue weighted by atomic mass is 32.1. The van der Waals surface area contributed by atoms with Crippen LogP contribution in [0.3, 0.4) is 0 Å². The van der Waals surface area contributed by atoms with Crippen molar-refractivity contribution in [2.24, 2.45) is 18.0 Å². The third-order valence-corrected chi connectivity index (χ3v) is 4.86. The van der Waals surface area contributed by atoms with Gasteiger partial charge in [-0.05, 0) is 37.6 Å². The molecule has 0 aliphatic carbocycles. The molecule has 2 aromatic rings. The first-order chi connectivity index (χ1) is 11.9. The minimum absolute atomic E-state index is 0.271. The maximum absolute atomic E-state index is 10.7. The Morgan fingerprint density at radius 1 is 1.48 bits per heavy atom. The van der Waals surface area contributed by atoms with E-state index >= 15 is 0 Å². The van der Waals surface area contributed by atoms with Crippen LogP contribution in [-0.2, 0) is 19.1 Å². The SMILES string of the molecule is CCNC(=NCC(C)(O)c1cnn(C)c1)NCC(C)Cc1cccs1. The maximum Gasteiger partial charge on any atom is 0.191 e. The summed E-state index contributed by atoms with van der Waals surface area (Å²) in [6.45, 7) is 7.90. The highest BCUT2D eigenvalue weighted by Crippen LogP contribution is 2.20. The molecular formula is C18H29N5OS. The number of aliphatic imine (C=N–C) groups is 1. The Labute approximate surface area is 154 Å². The van der Waals surface area contributed by atoms with E-state index in [0.29, 0.717) is 5.92 Å². The highest BCUT2D eigenvalue weighted by Gasteiger charge is 2.24. The van der Waals surface area contributed by atoms with Gasteiger partial charge in [-0.3, -0.25) is 4.68 Å². The van der Waals surface area contributed by atoms with Gasteiger partial charge in [0.05, 0.1) is 12.7 Å². The summed E-state index contributed by atoms with van der Waals surface area (Å²) in [5, 5.41) is 23.5. The summed E-state index contributed by atoms with van der Waals surface area (Å²) >= 11 is 1.79. The van der Waals surface area contributed by atoms with Crippen molar-refractivity contribution in [3.8, 4) is 0 Å². The molecule has 2 rings (SSSR count). The monoisotopic (exact) mass is 363 g/mol. The van der Waals surface area contributed by atoms with E-state index in [1.807, 2.05) is 20.2 Å². The fourth-order valence-electron chi connectivity index (χ4n) is 2.48. The number of thiophene rings is 1. The lowest BCUT2D eigenvalue weighted by Crippen LogP contribution is -2.40. The van der Waals surface area contributed by atoms with Crippen LogP contribution in [0, 0.1) is 5.92 Å². The Morgan fingerprint density at radius 3 is 2.88 bits per heavy atom. The van der Waals surface area contributed by atoms with Crippen molar-refractivity contribution in [2.75, 3.05) is 19.6 Å². The van der Waals surface area contributed by atoms with Gasteiger partial charge in [0.1, 0.15) is 5.60 Å². The van der Waals surface area contributed by atoms with Crippen LogP contribution in [0.4, 0.5) is 0 Å². The molecule has 0 aliphatic rings. The zero-order chi connectivity index (χ0) is 18.3. The van der Waals surface area contributed by atoms with Crippen LogP contribution in [0.15, 0.2) is 34.9 Å². The molecule has 0 spiro atoms. The van der Waals surface area contributed by atoms with Crippen molar-refractivity contribution in [1.82, 2.24) is 20.4 Å². The molecule has 2 unspecified atom stereocenters. The fraction of sp³-hybridized carbons (Fsp3) is 0.556. The van der Waals surface area contributed by atoms with E-state index in [4.69, 9.17) is 0 Å². The largest absolute Gasteiger partial charge is 0.383 e. The number of nitrogens with one attached hydrogen (secondary N) is 2. The third-order valence-electron chi connectivity index (χ3n) is 3.96. The van der Waals surface area contributed by atoms with Crippen LogP contribution in [0.2, 0.25) is 0 Å². The number of nitrogens with zero attached hydrogens (tertiary/aromatic N) is 3. The summed E-state index contributed by atoms with van der Waals surface area (Å²) in [5.74, 6) is 1.23. The summed E-state index contributed by atoms with van der Waals surface area (Å²) in [6.07, 6.45) is 4.55. The predicted octanol–water partition coefficient (Wildman–Crippen LogP) is 2.12. The zero-order valence-corrected chi connectivity index (χ0v) is 16.3. The van der Waals surface area contributed by atoms with E-state index in [9.17, 15) is 5.11 Å². The molecule has 2 atom stereocenters. The van der Waals surface area contributed by atoms with Gasteiger partial charge in [0.25, 0.3) is 0 Å². The molecule has 0 saturated carbocycles. The van der Waals surface area contributed by atoms with E-state index in [1.165, 1.54) is 4.88 Å². The molecule has 0 saturated heterocycles. The predicted molar refractivity (Wildman–Crippen MR) is 104 cm³/mol. The quantitative estimate of drug-likeness (QED) is 0.496. The van der Waals surface area contributed by atoms with Crippen LogP contribution in [0.5, 0.6) is 0 Å². The van der Waals surface area contributed by atoms with Crippen molar-refractivity contribution in [1.29, 1.82) is 0 Å². The summed E-state index contributed by atoms with van der Waals surface area (Å²) in [4.78, 5) is 5.95. The highest BCUT2D eigenvalue weighted by molar-refractivity contribution is 7.09. The average molecular weight is 364 g/mol. The van der Waals surface area contributed by atoms with Crippen LogP contribution in [0.1, 0.15) is 31.2 Å². The standard InChI is InChI=1S/C18H29N5OS/c1-5-19-17(20-10-14(2)9-16-7-6-8-25-16)21-13-18(3,24)15-11-22-23(4)12-15/h6-8,11-12,14,24H,5,9-10,13H2,1-4H3,(H2,19,20,21). The van der Waals surface area contributed by atoms with Gasteiger partial charge < -0.3 is 15.7 Å². The van der Waals surface area contributed by atoms with Crippen molar-refractivity contribution >= 4 is 17.3 Å². The molecule has 2 heterocycles. The Balaban J connectivity index is 1.91. The molecule has 6 nitrogen and oxygen atoms in total. The van der Waals surface area contributed by atoms with Crippen LogP contribution < -0.4 is 10.6 Å². The number of aryl methyl sites for hydroxylation is 1. The zero-order valence-electron chi connectivity index (χ0n) is 15.5. The van der Waals surface area contributed by atoms with Crippen molar-refractivity contribution in [2.45, 2.75) is 32.8 Å². The Hall–Kier alpha value is -1.86. The van der Waals surface area contributed by atoms with Gasteiger partial charge in [0, 0.05) is 36.8 Å². The van der Waals surface area contributed by atoms with Gasteiger partial charge >= 0.3 is 0 Å². The molecule has 0 aliphatic heterocycles. The normalized spacial score (nSPS) is 15.6. The second kappa shape index (κ2) is 9.01. The van der Waals surface area contributed by atoms with Gasteiger partial charge in [-0.25, -0.2) is 4.99 Å². The van der Waals surface area contributed by atoms with Crippen molar-refractivity contribution in [3.63, 3.8) is 0 Å². The summed E-state index contributed by atoms with van der Waals surface area (Å²) in [6, 6.07) is 4.26. The van der Waals surface area contributed by atoms with E-state index in [0.717, 1.165) is 31.0 Å². The van der Waals surface area contributed by atoms with E-state index in [2.05, 4.69) is 45.2 Å². The molecule has 25 heavy (non-hydrogen) atoms. The van der Waals surface area contributed by atoms with Crippen LogP contribution in [-0.4, -0.2) is 40.5 Å². The molecule has 7 heteroatoms. The Kier molecular flexibility index (Phi) is 7.01. The fourth-order valence-corrected chi connectivity index (χ4v) is 3.35. The molecular weight excluding hydrogens is 334 g/mol. The first-order valence-electron chi connectivity index (χ1n) is 8.66. The maximum atomic E-state index is 10.7. The first-order valence-corrected chi connectivity index (χ1v) is 9.54. The van der Waals surface area contributed by atoms with E-state index in [-0.39, 0.29) is 6.54 Å². The van der Waals surface area contributed by atoms with Crippen molar-refractivity contribution < 1.29 is 5.11 Å². The molecule has 2 aromatic heterocycles. The number of hydrogen-bond acceptors (Lipinski definition) is 4. The number of guanidine groups is 1. The molecule has 138 valence electrons. The molecule has 0 bridgehead atoms. The number of aromatic nitrogens is 2. The molecule has 0 aromatic carbocycles. The third kappa shape index (κ3) is 6.17. The Bertz CT molecular complexity index is 663. The smallest absolute Gasteiger partial charge is 0.191 e. The van der Waals surface area contributed by atoms with E-state index in [1.54, 1.807) is 29.1 Å². The summed E-state index contributed by atoms with van der Waals surface area (Å²) in [7, 11) is 1.84. The van der Waals surface area contributed by atoms with Crippen molar-refractivity contribution in [3.05, 3.63) is 40.3 Å². The lowest BCUT2D eigenvalue weighted by Gasteiger charge is -2.21. The Morgan fingerprint density at radius 2 is 2.28 bits per heavy atom. The molecule has 0 fully saturated rings. The minimum atomic E-state index is -1.04. The van der Waals surface area contributed by atoms with Crippen LogP contribution in [0.25, 0.3) is 0 Å².